The van der Waals surface area contributed by atoms with Crippen LogP contribution in [0.1, 0.15) is 0 Å². The van der Waals surface area contributed by atoms with Crippen LogP contribution in [-0.4, -0.2) is 28.6 Å². The number of nitrogen functional groups attached to an aromatic ring is 1. The van der Waals surface area contributed by atoms with E-state index in [-0.39, 0.29) is 23.3 Å². The summed E-state index contributed by atoms with van der Waals surface area (Å²) in [5.41, 5.74) is 5.87. The Labute approximate surface area is 110 Å². The summed E-state index contributed by atoms with van der Waals surface area (Å²) in [4.78, 5) is 1.20. The minimum Gasteiger partial charge on any atom is -0.399 e. The van der Waals surface area contributed by atoms with Crippen molar-refractivity contribution in [2.24, 2.45) is 7.05 Å². The summed E-state index contributed by atoms with van der Waals surface area (Å²) in [6.07, 6.45) is 0. The van der Waals surface area contributed by atoms with Crippen molar-refractivity contribution in [2.45, 2.75) is 4.90 Å². The number of nitrogens with one attached hydrogen (secondary N) is 1. The van der Waals surface area contributed by atoms with Gasteiger partial charge in [-0.1, -0.05) is 11.2 Å². The second kappa shape index (κ2) is 5.19. The summed E-state index contributed by atoms with van der Waals surface area (Å²) in [5, 5.41) is 10.8. The number of rotatable bonds is 3. The topological polar surface area (TPSA) is 116 Å². The van der Waals surface area contributed by atoms with E-state index in [9.17, 15) is 8.42 Å². The van der Waals surface area contributed by atoms with E-state index >= 15 is 0 Å². The third-order valence-electron chi connectivity index (χ3n) is 1.90. The molecular formula is C8H11ClN6O2S. The number of halogens is 1. The number of anilines is 2. The summed E-state index contributed by atoms with van der Waals surface area (Å²) in [6, 6.07) is 5.92. The van der Waals surface area contributed by atoms with Gasteiger partial charge in [-0.2, -0.15) is 4.80 Å². The molecule has 1 heterocycles. The number of aryl methyl sites for hydroxylation is 1. The van der Waals surface area contributed by atoms with E-state index < -0.39 is 10.0 Å². The van der Waals surface area contributed by atoms with Crippen LogP contribution >= 0.6 is 12.4 Å². The molecule has 18 heavy (non-hydrogen) atoms. The molecule has 0 aliphatic heterocycles. The molecule has 3 N–H and O–H groups in total. The summed E-state index contributed by atoms with van der Waals surface area (Å²) in [5.74, 6) is -0.0880. The molecule has 0 aliphatic carbocycles. The van der Waals surface area contributed by atoms with E-state index in [1.165, 1.54) is 19.2 Å². The minimum atomic E-state index is -3.73. The van der Waals surface area contributed by atoms with Crippen LogP contribution in [0.3, 0.4) is 0 Å². The van der Waals surface area contributed by atoms with Gasteiger partial charge in [0.1, 0.15) is 0 Å². The van der Waals surface area contributed by atoms with Gasteiger partial charge in [-0.25, -0.2) is 13.1 Å². The third-order valence-corrected chi connectivity index (χ3v) is 3.23. The van der Waals surface area contributed by atoms with Gasteiger partial charge in [0.25, 0.3) is 16.0 Å². The number of sulfonamides is 1. The van der Waals surface area contributed by atoms with Crippen LogP contribution in [0.2, 0.25) is 0 Å². The van der Waals surface area contributed by atoms with Gasteiger partial charge >= 0.3 is 0 Å². The van der Waals surface area contributed by atoms with Crippen molar-refractivity contribution in [3.63, 3.8) is 0 Å². The maximum absolute atomic E-state index is 11.9. The lowest BCUT2D eigenvalue weighted by Crippen LogP contribution is -2.14. The van der Waals surface area contributed by atoms with Crippen LogP contribution < -0.4 is 10.5 Å². The highest BCUT2D eigenvalue weighted by atomic mass is 35.5. The molecule has 1 aromatic carbocycles. The highest BCUT2D eigenvalue weighted by molar-refractivity contribution is 7.92. The molecule has 0 fully saturated rings. The average Bonchev–Trinajstić information content (AvgIpc) is 2.63. The maximum Gasteiger partial charge on any atom is 0.277 e. The first-order valence-corrected chi connectivity index (χ1v) is 6.08. The molecule has 0 spiro atoms. The molecule has 0 saturated carbocycles. The molecular weight excluding hydrogens is 280 g/mol. The van der Waals surface area contributed by atoms with Gasteiger partial charge in [0.2, 0.25) is 0 Å². The second-order valence-electron chi connectivity index (χ2n) is 3.28. The zero-order chi connectivity index (χ0) is 12.5. The summed E-state index contributed by atoms with van der Waals surface area (Å²) in [6.45, 7) is 0. The monoisotopic (exact) mass is 290 g/mol. The van der Waals surface area contributed by atoms with E-state index in [1.54, 1.807) is 12.1 Å². The molecule has 10 heteroatoms. The van der Waals surface area contributed by atoms with Gasteiger partial charge < -0.3 is 5.73 Å². The Kier molecular flexibility index (Phi) is 4.09. The van der Waals surface area contributed by atoms with Gasteiger partial charge in [0, 0.05) is 5.69 Å². The summed E-state index contributed by atoms with van der Waals surface area (Å²) < 4.78 is 26.0. The smallest absolute Gasteiger partial charge is 0.277 e. The molecule has 2 rings (SSSR count). The Morgan fingerprint density at radius 3 is 2.67 bits per heavy atom. The predicted molar refractivity (Wildman–Crippen MR) is 67.7 cm³/mol. The van der Waals surface area contributed by atoms with Gasteiger partial charge in [0.05, 0.1) is 11.9 Å². The number of nitrogens with zero attached hydrogens (tertiary/aromatic N) is 4. The van der Waals surface area contributed by atoms with E-state index in [2.05, 4.69) is 20.1 Å². The zero-order valence-corrected chi connectivity index (χ0v) is 10.9. The Morgan fingerprint density at radius 2 is 2.11 bits per heavy atom. The average molecular weight is 291 g/mol. The Hall–Kier alpha value is -1.87. The van der Waals surface area contributed by atoms with Crippen LogP contribution in [0.4, 0.5) is 11.6 Å². The molecule has 8 nitrogen and oxygen atoms in total. The molecule has 0 amide bonds. The number of aromatic nitrogens is 4. The van der Waals surface area contributed by atoms with Crippen LogP contribution in [0, 0.1) is 0 Å². The Bertz CT molecular complexity index is 641. The highest BCUT2D eigenvalue weighted by Gasteiger charge is 2.16. The predicted octanol–water partition coefficient (Wildman–Crippen LogP) is 0.0149. The fraction of sp³-hybridized carbons (Fsp3) is 0.125. The van der Waals surface area contributed by atoms with Crippen LogP contribution in [0.5, 0.6) is 0 Å². The SMILES string of the molecule is Cl.Cn1nnc(NS(=O)(=O)c2cccc(N)c2)n1. The van der Waals surface area contributed by atoms with E-state index in [0.717, 1.165) is 4.80 Å². The summed E-state index contributed by atoms with van der Waals surface area (Å²) in [7, 11) is -2.20. The molecule has 0 radical (unpaired) electrons. The summed E-state index contributed by atoms with van der Waals surface area (Å²) >= 11 is 0. The molecule has 0 atom stereocenters. The van der Waals surface area contributed by atoms with Crippen molar-refractivity contribution in [3.8, 4) is 0 Å². The van der Waals surface area contributed by atoms with E-state index in [4.69, 9.17) is 5.73 Å². The van der Waals surface area contributed by atoms with Crippen molar-refractivity contribution in [3.05, 3.63) is 24.3 Å². The van der Waals surface area contributed by atoms with Crippen LogP contribution in [0.15, 0.2) is 29.2 Å². The highest BCUT2D eigenvalue weighted by Crippen LogP contribution is 2.15. The Morgan fingerprint density at radius 1 is 1.39 bits per heavy atom. The van der Waals surface area contributed by atoms with Crippen molar-refractivity contribution >= 4 is 34.1 Å². The third kappa shape index (κ3) is 3.08. The van der Waals surface area contributed by atoms with Crippen LogP contribution in [0.25, 0.3) is 0 Å². The molecule has 2 aromatic rings. The number of tetrazole rings is 1. The molecule has 1 aromatic heterocycles. The van der Waals surface area contributed by atoms with Crippen molar-refractivity contribution in [1.29, 1.82) is 0 Å². The van der Waals surface area contributed by atoms with Crippen molar-refractivity contribution in [1.82, 2.24) is 20.2 Å². The standard InChI is InChI=1S/C8H10N6O2S.ClH/c1-14-11-8(10-13-14)12-17(15,16)7-4-2-3-6(9)5-7;/h2-5H,9H2,1H3,(H,11,12);1H. The van der Waals surface area contributed by atoms with Crippen molar-refractivity contribution < 1.29 is 8.42 Å². The molecule has 0 saturated heterocycles. The first kappa shape index (κ1) is 14.2. The quantitative estimate of drug-likeness (QED) is 0.770. The minimum absolute atomic E-state index is 0. The number of hydrogen-bond acceptors (Lipinski definition) is 6. The molecule has 0 bridgehead atoms. The van der Waals surface area contributed by atoms with Gasteiger partial charge in [-0.05, 0) is 23.4 Å². The molecule has 0 aliphatic rings. The molecule has 98 valence electrons. The van der Waals surface area contributed by atoms with E-state index in [0.29, 0.717) is 5.69 Å². The van der Waals surface area contributed by atoms with Gasteiger partial charge in [-0.3, -0.25) is 0 Å². The van der Waals surface area contributed by atoms with Crippen LogP contribution in [-0.2, 0) is 17.1 Å². The lowest BCUT2D eigenvalue weighted by Gasteiger charge is -2.04. The lowest BCUT2D eigenvalue weighted by atomic mass is 10.3. The first-order valence-electron chi connectivity index (χ1n) is 4.60. The van der Waals surface area contributed by atoms with Crippen molar-refractivity contribution in [2.75, 3.05) is 10.5 Å². The largest absolute Gasteiger partial charge is 0.399 e. The first-order chi connectivity index (χ1) is 7.97. The fourth-order valence-electron chi connectivity index (χ4n) is 1.19. The van der Waals surface area contributed by atoms with E-state index in [1.807, 2.05) is 0 Å². The van der Waals surface area contributed by atoms with Gasteiger partial charge in [-0.15, -0.1) is 17.5 Å². The normalized spacial score (nSPS) is 10.7. The maximum atomic E-state index is 11.9. The van der Waals surface area contributed by atoms with Gasteiger partial charge in [0.15, 0.2) is 0 Å². The second-order valence-corrected chi connectivity index (χ2v) is 4.96. The number of benzene rings is 1. The fourth-order valence-corrected chi connectivity index (χ4v) is 2.17. The lowest BCUT2D eigenvalue weighted by molar-refractivity contribution is 0.600. The zero-order valence-electron chi connectivity index (χ0n) is 9.31. The Balaban J connectivity index is 0.00000162. The number of hydrogen-bond donors (Lipinski definition) is 2. The number of nitrogens with two attached hydrogens (primary N) is 1. The molecule has 0 unspecified atom stereocenters.